The largest absolute Gasteiger partial charge is 0.480 e. The highest BCUT2D eigenvalue weighted by Gasteiger charge is 2.30. The molecule has 1 aromatic carbocycles. The highest BCUT2D eigenvalue weighted by atomic mass is 16.6. The minimum absolute atomic E-state index is 0.0272. The van der Waals surface area contributed by atoms with E-state index < -0.39 is 35.6 Å². The third-order valence-corrected chi connectivity index (χ3v) is 3.23. The zero-order valence-electron chi connectivity index (χ0n) is 14.9. The number of hydrogen-bond acceptors (Lipinski definition) is 5. The third kappa shape index (κ3) is 8.19. The van der Waals surface area contributed by atoms with Crippen molar-refractivity contribution in [2.75, 3.05) is 0 Å². The van der Waals surface area contributed by atoms with E-state index >= 15 is 0 Å². The average molecular weight is 351 g/mol. The number of aliphatic carboxylic acids is 1. The predicted molar refractivity (Wildman–Crippen MR) is 90.8 cm³/mol. The predicted octanol–water partition coefficient (Wildman–Crippen LogP) is 2.73. The summed E-state index contributed by atoms with van der Waals surface area (Å²) >= 11 is 0. The van der Waals surface area contributed by atoms with Crippen molar-refractivity contribution in [3.05, 3.63) is 35.9 Å². The van der Waals surface area contributed by atoms with Gasteiger partial charge in [-0.1, -0.05) is 37.3 Å². The molecule has 0 saturated carbocycles. The van der Waals surface area contributed by atoms with Crippen molar-refractivity contribution in [2.24, 2.45) is 5.92 Å². The Morgan fingerprint density at radius 2 is 1.76 bits per heavy atom. The van der Waals surface area contributed by atoms with Gasteiger partial charge in [-0.25, -0.2) is 9.59 Å². The van der Waals surface area contributed by atoms with Crippen molar-refractivity contribution < 1.29 is 29.0 Å². The minimum atomic E-state index is -1.25. The molecule has 0 aliphatic carbocycles. The number of amides is 1. The lowest BCUT2D eigenvalue weighted by atomic mass is 9.98. The third-order valence-electron chi connectivity index (χ3n) is 3.23. The van der Waals surface area contributed by atoms with Crippen LogP contribution in [0.5, 0.6) is 0 Å². The molecule has 0 aliphatic heterocycles. The Balaban J connectivity index is 2.56. The van der Waals surface area contributed by atoms with Crippen LogP contribution in [0.25, 0.3) is 0 Å². The van der Waals surface area contributed by atoms with Gasteiger partial charge in [-0.15, -0.1) is 0 Å². The molecule has 7 heteroatoms. The molecule has 0 spiro atoms. The fraction of sp³-hybridized carbons (Fsp3) is 0.500. The van der Waals surface area contributed by atoms with Crippen LogP contribution in [0.15, 0.2) is 30.3 Å². The number of ether oxygens (including phenoxy) is 2. The second kappa shape index (κ2) is 9.05. The SMILES string of the molecule is C[C@H](CC(=O)OC(C)(C)C)[C@H](NC(=O)OCc1ccccc1)C(=O)O. The monoisotopic (exact) mass is 351 g/mol. The molecule has 1 rings (SSSR count). The van der Waals surface area contributed by atoms with Crippen LogP contribution in [0, 0.1) is 5.92 Å². The van der Waals surface area contributed by atoms with E-state index in [1.165, 1.54) is 0 Å². The van der Waals surface area contributed by atoms with E-state index in [1.807, 2.05) is 6.07 Å². The summed E-state index contributed by atoms with van der Waals surface area (Å²) in [6, 6.07) is 7.76. The maximum atomic E-state index is 11.8. The molecule has 138 valence electrons. The van der Waals surface area contributed by atoms with E-state index in [4.69, 9.17) is 9.47 Å². The molecule has 0 radical (unpaired) electrons. The molecule has 1 amide bonds. The van der Waals surface area contributed by atoms with E-state index in [0.717, 1.165) is 5.56 Å². The van der Waals surface area contributed by atoms with Gasteiger partial charge in [0, 0.05) is 0 Å². The Labute approximate surface area is 147 Å². The summed E-state index contributed by atoms with van der Waals surface area (Å²) in [6.45, 7) is 6.76. The zero-order chi connectivity index (χ0) is 19.0. The first-order chi connectivity index (χ1) is 11.6. The summed E-state index contributed by atoms with van der Waals surface area (Å²) in [5, 5.41) is 11.6. The van der Waals surface area contributed by atoms with Crippen LogP contribution in [0.3, 0.4) is 0 Å². The molecule has 0 heterocycles. The van der Waals surface area contributed by atoms with Gasteiger partial charge < -0.3 is 19.9 Å². The smallest absolute Gasteiger partial charge is 0.408 e. The van der Waals surface area contributed by atoms with E-state index in [0.29, 0.717) is 0 Å². The van der Waals surface area contributed by atoms with Crippen molar-refractivity contribution in [2.45, 2.75) is 52.4 Å². The molecule has 2 atom stereocenters. The summed E-state index contributed by atoms with van der Waals surface area (Å²) < 4.78 is 10.2. The Bertz CT molecular complexity index is 593. The van der Waals surface area contributed by atoms with Gasteiger partial charge in [0.2, 0.25) is 0 Å². The first-order valence-corrected chi connectivity index (χ1v) is 8.00. The van der Waals surface area contributed by atoms with Crippen molar-refractivity contribution in [3.8, 4) is 0 Å². The fourth-order valence-corrected chi connectivity index (χ4v) is 2.10. The van der Waals surface area contributed by atoms with Gasteiger partial charge >= 0.3 is 18.0 Å². The number of alkyl carbamates (subject to hydrolysis) is 1. The van der Waals surface area contributed by atoms with Gasteiger partial charge in [-0.3, -0.25) is 4.79 Å². The Morgan fingerprint density at radius 1 is 1.16 bits per heavy atom. The van der Waals surface area contributed by atoms with Gasteiger partial charge in [0.1, 0.15) is 18.2 Å². The molecule has 0 saturated heterocycles. The summed E-state index contributed by atoms with van der Waals surface area (Å²) in [5.74, 6) is -2.42. The number of nitrogens with one attached hydrogen (secondary N) is 1. The molecule has 0 aliphatic rings. The Morgan fingerprint density at radius 3 is 2.28 bits per heavy atom. The second-order valence-electron chi connectivity index (χ2n) is 6.79. The molecular formula is C18H25NO6. The lowest BCUT2D eigenvalue weighted by Crippen LogP contribution is -2.46. The quantitative estimate of drug-likeness (QED) is 0.732. The maximum absolute atomic E-state index is 11.8. The summed E-state index contributed by atoms with van der Waals surface area (Å²) in [6.07, 6.45) is -0.986. The molecule has 25 heavy (non-hydrogen) atoms. The van der Waals surface area contributed by atoms with Crippen molar-refractivity contribution in [3.63, 3.8) is 0 Å². The number of carboxylic acids is 1. The molecule has 0 fully saturated rings. The summed E-state index contributed by atoms with van der Waals surface area (Å²) in [5.41, 5.74) is 0.128. The van der Waals surface area contributed by atoms with E-state index in [1.54, 1.807) is 52.0 Å². The Kier molecular flexibility index (Phi) is 7.42. The summed E-state index contributed by atoms with van der Waals surface area (Å²) in [4.78, 5) is 35.1. The van der Waals surface area contributed by atoms with Gasteiger partial charge in [0.25, 0.3) is 0 Å². The van der Waals surface area contributed by atoms with E-state index in [9.17, 15) is 19.5 Å². The van der Waals surface area contributed by atoms with Crippen molar-refractivity contribution in [1.29, 1.82) is 0 Å². The van der Waals surface area contributed by atoms with E-state index in [-0.39, 0.29) is 13.0 Å². The van der Waals surface area contributed by atoms with Crippen LogP contribution < -0.4 is 5.32 Å². The number of carbonyl (C=O) groups excluding carboxylic acids is 2. The van der Waals surface area contributed by atoms with Gasteiger partial charge in [0.05, 0.1) is 6.42 Å². The maximum Gasteiger partial charge on any atom is 0.408 e. The fourth-order valence-electron chi connectivity index (χ4n) is 2.10. The van der Waals surface area contributed by atoms with Crippen LogP contribution in [-0.4, -0.2) is 34.8 Å². The van der Waals surface area contributed by atoms with Gasteiger partial charge in [-0.05, 0) is 32.3 Å². The van der Waals surface area contributed by atoms with Crippen LogP contribution in [0.2, 0.25) is 0 Å². The molecule has 7 nitrogen and oxygen atoms in total. The van der Waals surface area contributed by atoms with Crippen LogP contribution in [0.1, 0.15) is 39.7 Å². The molecule has 2 N–H and O–H groups in total. The Hall–Kier alpha value is -2.57. The van der Waals surface area contributed by atoms with Crippen LogP contribution in [-0.2, 0) is 25.7 Å². The number of benzene rings is 1. The second-order valence-corrected chi connectivity index (χ2v) is 6.79. The zero-order valence-corrected chi connectivity index (χ0v) is 14.9. The van der Waals surface area contributed by atoms with Gasteiger partial charge in [0.15, 0.2) is 0 Å². The highest BCUT2D eigenvalue weighted by Crippen LogP contribution is 2.15. The topological polar surface area (TPSA) is 102 Å². The molecule has 0 bridgehead atoms. The van der Waals surface area contributed by atoms with Crippen molar-refractivity contribution >= 4 is 18.0 Å². The normalized spacial score (nSPS) is 13.4. The number of carbonyl (C=O) groups is 3. The van der Waals surface area contributed by atoms with E-state index in [2.05, 4.69) is 5.32 Å². The lowest BCUT2D eigenvalue weighted by Gasteiger charge is -2.24. The van der Waals surface area contributed by atoms with Crippen LogP contribution in [0.4, 0.5) is 4.79 Å². The summed E-state index contributed by atoms with van der Waals surface area (Å²) in [7, 11) is 0. The standard InChI is InChI=1S/C18H25NO6/c1-12(10-14(20)25-18(2,3)4)15(16(21)22)19-17(23)24-11-13-8-6-5-7-9-13/h5-9,12,15H,10-11H2,1-4H3,(H,19,23)(H,21,22)/t12-,15+/m1/s1. The number of esters is 1. The number of carboxylic acid groups (broad SMARTS) is 1. The first-order valence-electron chi connectivity index (χ1n) is 8.00. The first kappa shape index (κ1) is 20.5. The van der Waals surface area contributed by atoms with Crippen molar-refractivity contribution in [1.82, 2.24) is 5.32 Å². The lowest BCUT2D eigenvalue weighted by molar-refractivity contribution is -0.156. The van der Waals surface area contributed by atoms with Crippen LogP contribution >= 0.6 is 0 Å². The molecular weight excluding hydrogens is 326 g/mol. The number of hydrogen-bond donors (Lipinski definition) is 2. The number of rotatable bonds is 7. The minimum Gasteiger partial charge on any atom is -0.480 e. The molecule has 1 aromatic rings. The van der Waals surface area contributed by atoms with Gasteiger partial charge in [-0.2, -0.15) is 0 Å². The average Bonchev–Trinajstić information content (AvgIpc) is 2.49. The molecule has 0 unspecified atom stereocenters. The highest BCUT2D eigenvalue weighted by molar-refractivity contribution is 5.81. The molecule has 0 aromatic heterocycles.